The third-order valence-electron chi connectivity index (χ3n) is 4.81. The second-order valence-corrected chi connectivity index (χ2v) is 9.83. The predicted octanol–water partition coefficient (Wildman–Crippen LogP) is 5.14. The van der Waals surface area contributed by atoms with E-state index >= 15 is 0 Å². The molecule has 3 aromatic carbocycles. The molecule has 1 N–H and O–H groups in total. The fourth-order valence-electron chi connectivity index (χ4n) is 3.06. The zero-order chi connectivity index (χ0) is 23.3. The fourth-order valence-corrected chi connectivity index (χ4v) is 4.82. The van der Waals surface area contributed by atoms with Gasteiger partial charge in [0.2, 0.25) is 15.9 Å². The maximum Gasteiger partial charge on any atom is 0.243 e. The minimum absolute atomic E-state index is 0.0361. The summed E-state index contributed by atoms with van der Waals surface area (Å²) >= 11 is 12.0. The molecule has 0 atom stereocenters. The first-order valence-corrected chi connectivity index (χ1v) is 11.8. The first-order chi connectivity index (χ1) is 15.2. The van der Waals surface area contributed by atoms with Gasteiger partial charge in [0.25, 0.3) is 0 Å². The molecular formula is C23H22Cl2N2O4S. The number of methoxy groups -OCH3 is 1. The lowest BCUT2D eigenvalue weighted by atomic mass is 10.1. The van der Waals surface area contributed by atoms with E-state index in [2.05, 4.69) is 5.32 Å². The van der Waals surface area contributed by atoms with E-state index in [0.29, 0.717) is 21.5 Å². The fraction of sp³-hybridized carbons (Fsp3) is 0.174. The van der Waals surface area contributed by atoms with Crippen LogP contribution in [-0.2, 0) is 21.4 Å². The van der Waals surface area contributed by atoms with E-state index in [1.807, 2.05) is 31.2 Å². The Morgan fingerprint density at radius 2 is 1.72 bits per heavy atom. The van der Waals surface area contributed by atoms with Crippen molar-refractivity contribution in [3.05, 3.63) is 87.9 Å². The summed E-state index contributed by atoms with van der Waals surface area (Å²) in [5, 5.41) is 3.44. The first-order valence-electron chi connectivity index (χ1n) is 9.64. The molecular weight excluding hydrogens is 471 g/mol. The van der Waals surface area contributed by atoms with Crippen LogP contribution in [0.2, 0.25) is 10.0 Å². The standard InChI is InChI=1S/C23H22Cl2N2O4S/c1-16-5-3-4-6-17(16)14-27(32(29,30)20-10-7-18(24)8-11-20)15-23(28)26-19-9-12-22(31-2)21(25)13-19/h3-13H,14-15H2,1-2H3,(H,26,28). The van der Waals surface area contributed by atoms with Crippen molar-refractivity contribution in [1.82, 2.24) is 4.31 Å². The summed E-state index contributed by atoms with van der Waals surface area (Å²) in [6.45, 7) is 1.54. The van der Waals surface area contributed by atoms with Crippen LogP contribution in [0, 0.1) is 6.92 Å². The van der Waals surface area contributed by atoms with E-state index in [1.54, 1.807) is 12.1 Å². The molecule has 32 heavy (non-hydrogen) atoms. The molecule has 0 saturated heterocycles. The van der Waals surface area contributed by atoms with E-state index < -0.39 is 15.9 Å². The Labute approximate surface area is 197 Å². The Hall–Kier alpha value is -2.58. The Bertz CT molecular complexity index is 1210. The molecule has 1 amide bonds. The minimum Gasteiger partial charge on any atom is -0.495 e. The number of carbonyl (C=O) groups is 1. The molecule has 3 rings (SSSR count). The van der Waals surface area contributed by atoms with Gasteiger partial charge in [-0.3, -0.25) is 4.79 Å². The topological polar surface area (TPSA) is 75.7 Å². The highest BCUT2D eigenvalue weighted by Crippen LogP contribution is 2.27. The monoisotopic (exact) mass is 492 g/mol. The molecule has 0 radical (unpaired) electrons. The van der Waals surface area contributed by atoms with Crippen LogP contribution in [0.25, 0.3) is 0 Å². The predicted molar refractivity (Wildman–Crippen MR) is 127 cm³/mol. The Morgan fingerprint density at radius 3 is 2.34 bits per heavy atom. The molecule has 0 fully saturated rings. The lowest BCUT2D eigenvalue weighted by Gasteiger charge is -2.23. The number of anilines is 1. The van der Waals surface area contributed by atoms with Gasteiger partial charge in [0, 0.05) is 17.3 Å². The van der Waals surface area contributed by atoms with Crippen LogP contribution in [0.1, 0.15) is 11.1 Å². The van der Waals surface area contributed by atoms with Crippen LogP contribution in [0.3, 0.4) is 0 Å². The number of amides is 1. The van der Waals surface area contributed by atoms with Crippen molar-refractivity contribution in [2.45, 2.75) is 18.4 Å². The number of hydrogen-bond donors (Lipinski definition) is 1. The maximum atomic E-state index is 13.4. The molecule has 3 aromatic rings. The van der Waals surface area contributed by atoms with Crippen LogP contribution in [0.4, 0.5) is 5.69 Å². The van der Waals surface area contributed by atoms with Gasteiger partial charge in [0.05, 0.1) is 23.6 Å². The van der Waals surface area contributed by atoms with Crippen molar-refractivity contribution < 1.29 is 17.9 Å². The van der Waals surface area contributed by atoms with Crippen molar-refractivity contribution >= 4 is 44.8 Å². The zero-order valence-electron chi connectivity index (χ0n) is 17.5. The summed E-state index contributed by atoms with van der Waals surface area (Å²) in [6, 6.07) is 18.1. The summed E-state index contributed by atoms with van der Waals surface area (Å²) in [5.74, 6) is -0.0338. The minimum atomic E-state index is -3.97. The van der Waals surface area contributed by atoms with E-state index in [1.165, 1.54) is 37.4 Å². The van der Waals surface area contributed by atoms with Gasteiger partial charge < -0.3 is 10.1 Å². The largest absolute Gasteiger partial charge is 0.495 e. The number of nitrogens with zero attached hydrogens (tertiary/aromatic N) is 1. The van der Waals surface area contributed by atoms with Crippen molar-refractivity contribution in [2.75, 3.05) is 19.0 Å². The molecule has 0 unspecified atom stereocenters. The van der Waals surface area contributed by atoms with Crippen LogP contribution in [-0.4, -0.2) is 32.3 Å². The summed E-state index contributed by atoms with van der Waals surface area (Å²) in [6.07, 6.45) is 0. The van der Waals surface area contributed by atoms with Crippen LogP contribution in [0.5, 0.6) is 5.75 Å². The van der Waals surface area contributed by atoms with Gasteiger partial charge in [-0.2, -0.15) is 4.31 Å². The molecule has 168 valence electrons. The molecule has 0 heterocycles. The van der Waals surface area contributed by atoms with Crippen LogP contribution >= 0.6 is 23.2 Å². The van der Waals surface area contributed by atoms with E-state index in [0.717, 1.165) is 15.4 Å². The Balaban J connectivity index is 1.88. The molecule has 0 aliphatic carbocycles. The SMILES string of the molecule is COc1ccc(NC(=O)CN(Cc2ccccc2C)S(=O)(=O)c2ccc(Cl)cc2)cc1Cl. The maximum absolute atomic E-state index is 13.4. The van der Waals surface area contributed by atoms with Gasteiger partial charge >= 0.3 is 0 Å². The zero-order valence-corrected chi connectivity index (χ0v) is 19.8. The van der Waals surface area contributed by atoms with Crippen LogP contribution in [0.15, 0.2) is 71.6 Å². The lowest BCUT2D eigenvalue weighted by molar-refractivity contribution is -0.116. The van der Waals surface area contributed by atoms with Gasteiger partial charge in [-0.15, -0.1) is 0 Å². The first kappa shape index (κ1) is 24.1. The summed E-state index contributed by atoms with van der Waals surface area (Å²) in [5.41, 5.74) is 2.15. The van der Waals surface area contributed by atoms with Crippen molar-refractivity contribution in [1.29, 1.82) is 0 Å². The molecule has 0 saturated carbocycles. The number of hydrogen-bond acceptors (Lipinski definition) is 4. The number of benzene rings is 3. The molecule has 0 bridgehead atoms. The molecule has 9 heteroatoms. The molecule has 0 aliphatic rings. The number of nitrogens with one attached hydrogen (secondary N) is 1. The van der Waals surface area contributed by atoms with Gasteiger partial charge in [-0.05, 0) is 60.5 Å². The number of carbonyl (C=O) groups excluding carboxylic acids is 1. The third kappa shape index (κ3) is 5.81. The highest BCUT2D eigenvalue weighted by atomic mass is 35.5. The summed E-state index contributed by atoms with van der Waals surface area (Å²) < 4.78 is 32.9. The van der Waals surface area contributed by atoms with E-state index in [-0.39, 0.29) is 18.0 Å². The average molecular weight is 493 g/mol. The third-order valence-corrected chi connectivity index (χ3v) is 7.17. The Kier molecular flexibility index (Phi) is 7.79. The number of sulfonamides is 1. The smallest absolute Gasteiger partial charge is 0.243 e. The summed E-state index contributed by atoms with van der Waals surface area (Å²) in [4.78, 5) is 12.8. The van der Waals surface area contributed by atoms with Crippen LogP contribution < -0.4 is 10.1 Å². The van der Waals surface area contributed by atoms with Crippen molar-refractivity contribution in [3.8, 4) is 5.75 Å². The quantitative estimate of drug-likeness (QED) is 0.472. The summed E-state index contributed by atoms with van der Waals surface area (Å²) in [7, 11) is -2.48. The van der Waals surface area contributed by atoms with Crippen molar-refractivity contribution in [3.63, 3.8) is 0 Å². The van der Waals surface area contributed by atoms with Gasteiger partial charge in [-0.1, -0.05) is 47.5 Å². The second kappa shape index (κ2) is 10.4. The number of halogens is 2. The number of rotatable bonds is 8. The number of ether oxygens (including phenoxy) is 1. The average Bonchev–Trinajstić information content (AvgIpc) is 2.75. The molecule has 0 spiro atoms. The number of aryl methyl sites for hydroxylation is 1. The molecule has 0 aliphatic heterocycles. The highest BCUT2D eigenvalue weighted by molar-refractivity contribution is 7.89. The van der Waals surface area contributed by atoms with Gasteiger partial charge in [-0.25, -0.2) is 8.42 Å². The van der Waals surface area contributed by atoms with Gasteiger partial charge in [0.1, 0.15) is 5.75 Å². The highest BCUT2D eigenvalue weighted by Gasteiger charge is 2.27. The molecule has 6 nitrogen and oxygen atoms in total. The van der Waals surface area contributed by atoms with Crippen molar-refractivity contribution in [2.24, 2.45) is 0 Å². The molecule has 0 aromatic heterocycles. The lowest BCUT2D eigenvalue weighted by Crippen LogP contribution is -2.37. The normalized spacial score (nSPS) is 11.4. The Morgan fingerprint density at radius 1 is 1.03 bits per heavy atom. The van der Waals surface area contributed by atoms with E-state index in [9.17, 15) is 13.2 Å². The second-order valence-electron chi connectivity index (χ2n) is 7.05. The van der Waals surface area contributed by atoms with E-state index in [4.69, 9.17) is 27.9 Å². The van der Waals surface area contributed by atoms with Gasteiger partial charge in [0.15, 0.2) is 0 Å².